The molecule has 1 atom stereocenters. The van der Waals surface area contributed by atoms with E-state index in [9.17, 15) is 0 Å². The first-order valence-electron chi connectivity index (χ1n) is 8.15. The molecule has 1 N–H and O–H groups in total. The fourth-order valence-electron chi connectivity index (χ4n) is 3.27. The van der Waals surface area contributed by atoms with Crippen molar-refractivity contribution in [2.45, 2.75) is 32.9 Å². The Morgan fingerprint density at radius 3 is 2.71 bits per heavy atom. The minimum Gasteiger partial charge on any atom is -0.312 e. The molecule has 2 nitrogen and oxygen atoms in total. The monoisotopic (exact) mass is 282 g/mol. The highest BCUT2D eigenvalue weighted by Crippen LogP contribution is 2.18. The maximum absolute atomic E-state index is 3.64. The summed E-state index contributed by atoms with van der Waals surface area (Å²) in [6.45, 7) is 9.22. The van der Waals surface area contributed by atoms with E-state index in [2.05, 4.69) is 66.5 Å². The van der Waals surface area contributed by atoms with E-state index >= 15 is 0 Å². The smallest absolute Gasteiger partial charge is 0.0205 e. The molecule has 1 unspecified atom stereocenters. The average molecular weight is 282 g/mol. The van der Waals surface area contributed by atoms with Gasteiger partial charge in [-0.1, -0.05) is 36.4 Å². The minimum absolute atomic E-state index is 0.690. The van der Waals surface area contributed by atoms with Crippen molar-refractivity contribution in [3.05, 3.63) is 48.0 Å². The van der Waals surface area contributed by atoms with Crippen LogP contribution in [0.25, 0.3) is 10.8 Å². The first-order chi connectivity index (χ1) is 10.2. The summed E-state index contributed by atoms with van der Waals surface area (Å²) in [6, 6.07) is 16.0. The van der Waals surface area contributed by atoms with E-state index in [1.165, 1.54) is 35.8 Å². The third-order valence-corrected chi connectivity index (χ3v) is 4.62. The van der Waals surface area contributed by atoms with Gasteiger partial charge in [-0.25, -0.2) is 0 Å². The maximum Gasteiger partial charge on any atom is 0.0205 e. The molecule has 112 valence electrons. The van der Waals surface area contributed by atoms with Gasteiger partial charge in [0.1, 0.15) is 0 Å². The van der Waals surface area contributed by atoms with Gasteiger partial charge in [-0.05, 0) is 61.7 Å². The van der Waals surface area contributed by atoms with Gasteiger partial charge in [0.2, 0.25) is 0 Å². The number of hydrogen-bond acceptors (Lipinski definition) is 2. The third-order valence-electron chi connectivity index (χ3n) is 4.62. The number of nitrogens with one attached hydrogen (secondary N) is 1. The van der Waals surface area contributed by atoms with Crippen LogP contribution in [0.3, 0.4) is 0 Å². The molecule has 0 saturated carbocycles. The van der Waals surface area contributed by atoms with E-state index in [-0.39, 0.29) is 0 Å². The lowest BCUT2D eigenvalue weighted by Gasteiger charge is -2.20. The Balaban J connectivity index is 1.51. The first-order valence-corrected chi connectivity index (χ1v) is 8.15. The first kappa shape index (κ1) is 14.6. The zero-order valence-corrected chi connectivity index (χ0v) is 13.2. The maximum atomic E-state index is 3.64. The molecule has 0 radical (unpaired) electrons. The number of benzene rings is 2. The number of hydrogen-bond donors (Lipinski definition) is 1. The molecule has 1 heterocycles. The third kappa shape index (κ3) is 3.63. The Hall–Kier alpha value is -1.38. The summed E-state index contributed by atoms with van der Waals surface area (Å²) in [4.78, 5) is 2.59. The van der Waals surface area contributed by atoms with Gasteiger partial charge in [0, 0.05) is 19.1 Å². The van der Waals surface area contributed by atoms with Crippen LogP contribution in [0.2, 0.25) is 0 Å². The molecule has 0 bridgehead atoms. The summed E-state index contributed by atoms with van der Waals surface area (Å²) in [5.74, 6) is 0.813. The van der Waals surface area contributed by atoms with Crippen LogP contribution < -0.4 is 5.32 Å². The zero-order valence-electron chi connectivity index (χ0n) is 13.2. The summed E-state index contributed by atoms with van der Waals surface area (Å²) in [6.07, 6.45) is 1.34. The van der Waals surface area contributed by atoms with Crippen molar-refractivity contribution in [2.75, 3.05) is 19.6 Å². The predicted octanol–water partition coefficient (Wildman–Crippen LogP) is 3.66. The van der Waals surface area contributed by atoms with Crippen LogP contribution in [-0.4, -0.2) is 30.6 Å². The van der Waals surface area contributed by atoms with E-state index in [1.807, 2.05) is 0 Å². The highest BCUT2D eigenvalue weighted by atomic mass is 15.2. The number of nitrogens with zero attached hydrogens (tertiary/aromatic N) is 1. The van der Waals surface area contributed by atoms with Crippen molar-refractivity contribution in [3.63, 3.8) is 0 Å². The van der Waals surface area contributed by atoms with E-state index < -0.39 is 0 Å². The van der Waals surface area contributed by atoms with Crippen molar-refractivity contribution in [1.29, 1.82) is 0 Å². The second-order valence-electron chi connectivity index (χ2n) is 6.56. The van der Waals surface area contributed by atoms with E-state index in [4.69, 9.17) is 0 Å². The molecule has 2 aromatic rings. The van der Waals surface area contributed by atoms with Gasteiger partial charge in [0.25, 0.3) is 0 Å². The molecular weight excluding hydrogens is 256 g/mol. The van der Waals surface area contributed by atoms with Gasteiger partial charge in [-0.3, -0.25) is 0 Å². The van der Waals surface area contributed by atoms with Gasteiger partial charge in [-0.15, -0.1) is 0 Å². The molecule has 0 amide bonds. The van der Waals surface area contributed by atoms with Crippen LogP contribution in [-0.2, 0) is 6.54 Å². The molecule has 3 rings (SSSR count). The van der Waals surface area contributed by atoms with Crippen LogP contribution in [0.5, 0.6) is 0 Å². The van der Waals surface area contributed by atoms with Crippen molar-refractivity contribution >= 4 is 10.8 Å². The number of fused-ring (bicyclic) bond motifs is 1. The molecular formula is C19H26N2. The van der Waals surface area contributed by atoms with Crippen molar-refractivity contribution in [2.24, 2.45) is 5.92 Å². The van der Waals surface area contributed by atoms with Gasteiger partial charge in [-0.2, -0.15) is 0 Å². The number of likely N-dealkylation sites (tertiary alicyclic amines) is 1. The molecule has 0 aliphatic carbocycles. The normalized spacial score (nSPS) is 19.7. The highest BCUT2D eigenvalue weighted by Gasteiger charge is 2.23. The zero-order chi connectivity index (χ0) is 14.7. The quantitative estimate of drug-likeness (QED) is 0.900. The van der Waals surface area contributed by atoms with Gasteiger partial charge in [0.05, 0.1) is 0 Å². The Morgan fingerprint density at radius 1 is 1.14 bits per heavy atom. The largest absolute Gasteiger partial charge is 0.312 e. The minimum atomic E-state index is 0.690. The molecule has 1 saturated heterocycles. The molecule has 0 aromatic heterocycles. The standard InChI is InChI=1S/C19H26N2/c1-15(2)21-10-9-17(14-21)13-20-12-16-7-8-18-5-3-4-6-19(18)11-16/h3-8,11,15,17,20H,9-10,12-14H2,1-2H3. The Morgan fingerprint density at radius 2 is 1.95 bits per heavy atom. The summed E-state index contributed by atoms with van der Waals surface area (Å²) < 4.78 is 0. The van der Waals surface area contributed by atoms with Crippen molar-refractivity contribution in [1.82, 2.24) is 10.2 Å². The highest BCUT2D eigenvalue weighted by molar-refractivity contribution is 5.82. The van der Waals surface area contributed by atoms with Crippen LogP contribution in [0.15, 0.2) is 42.5 Å². The van der Waals surface area contributed by atoms with Crippen LogP contribution in [0.4, 0.5) is 0 Å². The summed E-state index contributed by atoms with van der Waals surface area (Å²) in [5.41, 5.74) is 1.38. The van der Waals surface area contributed by atoms with Crippen molar-refractivity contribution in [3.8, 4) is 0 Å². The van der Waals surface area contributed by atoms with Gasteiger partial charge in [0.15, 0.2) is 0 Å². The lowest BCUT2D eigenvalue weighted by atomic mass is 10.1. The van der Waals surface area contributed by atoms with Crippen LogP contribution >= 0.6 is 0 Å². The van der Waals surface area contributed by atoms with Crippen LogP contribution in [0.1, 0.15) is 25.8 Å². The lowest BCUT2D eigenvalue weighted by molar-refractivity contribution is 0.264. The van der Waals surface area contributed by atoms with Gasteiger partial charge < -0.3 is 10.2 Å². The van der Waals surface area contributed by atoms with E-state index in [0.717, 1.165) is 19.0 Å². The summed E-state index contributed by atoms with van der Waals surface area (Å²) >= 11 is 0. The molecule has 2 aromatic carbocycles. The van der Waals surface area contributed by atoms with E-state index in [1.54, 1.807) is 0 Å². The lowest BCUT2D eigenvalue weighted by Crippen LogP contribution is -2.30. The number of rotatable bonds is 5. The van der Waals surface area contributed by atoms with Gasteiger partial charge >= 0.3 is 0 Å². The molecule has 1 aliphatic heterocycles. The second kappa shape index (κ2) is 6.59. The fraction of sp³-hybridized carbons (Fsp3) is 0.474. The molecule has 1 aliphatic rings. The Kier molecular flexibility index (Phi) is 4.57. The average Bonchev–Trinajstić information content (AvgIpc) is 2.96. The Bertz CT molecular complexity index is 591. The van der Waals surface area contributed by atoms with Crippen LogP contribution in [0, 0.1) is 5.92 Å². The Labute approximate surface area is 128 Å². The molecule has 21 heavy (non-hydrogen) atoms. The second-order valence-corrected chi connectivity index (χ2v) is 6.56. The van der Waals surface area contributed by atoms with Crippen molar-refractivity contribution < 1.29 is 0 Å². The summed E-state index contributed by atoms with van der Waals surface area (Å²) in [7, 11) is 0. The fourth-order valence-corrected chi connectivity index (χ4v) is 3.27. The SMILES string of the molecule is CC(C)N1CCC(CNCc2ccc3ccccc3c2)C1. The molecule has 1 fully saturated rings. The predicted molar refractivity (Wildman–Crippen MR) is 90.5 cm³/mol. The van der Waals surface area contributed by atoms with E-state index in [0.29, 0.717) is 6.04 Å². The molecule has 2 heteroatoms. The molecule has 0 spiro atoms. The topological polar surface area (TPSA) is 15.3 Å². The summed E-state index contributed by atoms with van der Waals surface area (Å²) in [5, 5.41) is 6.30.